The smallest absolute Gasteiger partial charge is 0.238 e. The van der Waals surface area contributed by atoms with Crippen LogP contribution in [0.3, 0.4) is 0 Å². The van der Waals surface area contributed by atoms with Crippen molar-refractivity contribution in [3.05, 3.63) is 157 Å². The summed E-state index contributed by atoms with van der Waals surface area (Å²) in [6, 6.07) is 48.1. The summed E-state index contributed by atoms with van der Waals surface area (Å²) in [5, 5.41) is 5.39. The normalized spacial score (nSPS) is 11.8. The minimum atomic E-state index is 0.529. The van der Waals surface area contributed by atoms with Crippen molar-refractivity contribution in [3.8, 4) is 34.4 Å². The molecule has 0 fully saturated rings. The molecular formula is C44H29N5O. The van der Waals surface area contributed by atoms with Gasteiger partial charge in [0.25, 0.3) is 0 Å². The fourth-order valence-corrected chi connectivity index (χ4v) is 7.53. The molecule has 10 rings (SSSR count). The number of hydrogen-bond acceptors (Lipinski definition) is 4. The summed E-state index contributed by atoms with van der Waals surface area (Å²) in [5.41, 5.74) is 8.84. The van der Waals surface area contributed by atoms with Gasteiger partial charge in [-0.1, -0.05) is 122 Å². The molecular weight excluding hydrogens is 615 g/mol. The molecule has 6 nitrogen and oxygen atoms in total. The van der Waals surface area contributed by atoms with E-state index in [0.29, 0.717) is 17.6 Å². The van der Waals surface area contributed by atoms with Crippen LogP contribution in [0.2, 0.25) is 0 Å². The summed E-state index contributed by atoms with van der Waals surface area (Å²) < 4.78 is 11.2. The lowest BCUT2D eigenvalue weighted by molar-refractivity contribution is 0.580. The standard InChI is InChI=1S/C44H29N5O/c1-3-31-27(2)50-41-34(31)25-26-37-38(41)35-24-23-33-32-21-13-14-22-36(32)48(30-19-11-6-12-20-30)39(33)40(35)49(37)44-46-42(28-15-7-4-8-16-28)45-43(47-44)29-17-9-5-10-18-29/h3-26H,1H2,2H3. The quantitative estimate of drug-likeness (QED) is 0.187. The highest BCUT2D eigenvalue weighted by atomic mass is 16.3. The lowest BCUT2D eigenvalue weighted by Crippen LogP contribution is -2.07. The topological polar surface area (TPSA) is 61.7 Å². The zero-order valence-electron chi connectivity index (χ0n) is 27.2. The fourth-order valence-electron chi connectivity index (χ4n) is 7.53. The first-order chi connectivity index (χ1) is 24.7. The van der Waals surface area contributed by atoms with E-state index in [1.54, 1.807) is 0 Å². The second-order valence-electron chi connectivity index (χ2n) is 12.5. The predicted molar refractivity (Wildman–Crippen MR) is 204 cm³/mol. The molecule has 4 heterocycles. The van der Waals surface area contributed by atoms with E-state index in [1.165, 1.54) is 5.39 Å². The maximum absolute atomic E-state index is 6.59. The van der Waals surface area contributed by atoms with Crippen LogP contribution >= 0.6 is 0 Å². The predicted octanol–water partition coefficient (Wildman–Crippen LogP) is 11.1. The Hall–Kier alpha value is -6.79. The van der Waals surface area contributed by atoms with Crippen LogP contribution in [0.5, 0.6) is 0 Å². The molecule has 0 aliphatic heterocycles. The van der Waals surface area contributed by atoms with E-state index < -0.39 is 0 Å². The molecule has 0 bridgehead atoms. The van der Waals surface area contributed by atoms with Crippen LogP contribution in [0.25, 0.3) is 95.1 Å². The summed E-state index contributed by atoms with van der Waals surface area (Å²) in [5.74, 6) is 2.57. The van der Waals surface area contributed by atoms with Gasteiger partial charge in [0.15, 0.2) is 11.6 Å². The average molecular weight is 644 g/mol. The molecule has 50 heavy (non-hydrogen) atoms. The molecule has 0 radical (unpaired) electrons. The second-order valence-corrected chi connectivity index (χ2v) is 12.5. The fraction of sp³-hybridized carbons (Fsp3) is 0.0227. The largest absolute Gasteiger partial charge is 0.460 e. The van der Waals surface area contributed by atoms with Gasteiger partial charge in [-0.3, -0.25) is 4.57 Å². The van der Waals surface area contributed by atoms with Crippen molar-refractivity contribution in [3.63, 3.8) is 0 Å². The molecule has 0 aliphatic rings. The first-order valence-corrected chi connectivity index (χ1v) is 16.7. The van der Waals surface area contributed by atoms with Crippen LogP contribution in [0, 0.1) is 6.92 Å². The van der Waals surface area contributed by atoms with Gasteiger partial charge < -0.3 is 8.98 Å². The Balaban J connectivity index is 1.44. The van der Waals surface area contributed by atoms with E-state index in [-0.39, 0.29) is 0 Å². The number of nitrogens with zero attached hydrogens (tertiary/aromatic N) is 5. The molecule has 0 aliphatic carbocycles. The Morgan fingerprint density at radius 1 is 0.540 bits per heavy atom. The monoisotopic (exact) mass is 643 g/mol. The Kier molecular flexibility index (Phi) is 6.14. The molecule has 236 valence electrons. The number of aryl methyl sites for hydroxylation is 1. The minimum Gasteiger partial charge on any atom is -0.460 e. The van der Waals surface area contributed by atoms with E-state index in [0.717, 1.165) is 77.3 Å². The second kappa shape index (κ2) is 10.9. The van der Waals surface area contributed by atoms with Crippen LogP contribution in [0.4, 0.5) is 0 Å². The Morgan fingerprint density at radius 3 is 1.80 bits per heavy atom. The van der Waals surface area contributed by atoms with Gasteiger partial charge in [0.2, 0.25) is 5.95 Å². The van der Waals surface area contributed by atoms with Gasteiger partial charge in [0, 0.05) is 43.9 Å². The van der Waals surface area contributed by atoms with Crippen LogP contribution < -0.4 is 0 Å². The number of benzene rings is 6. The summed E-state index contributed by atoms with van der Waals surface area (Å²) in [7, 11) is 0. The van der Waals surface area contributed by atoms with E-state index in [2.05, 4.69) is 94.6 Å². The highest BCUT2D eigenvalue weighted by molar-refractivity contribution is 6.28. The first-order valence-electron chi connectivity index (χ1n) is 16.7. The lowest BCUT2D eigenvalue weighted by atomic mass is 10.1. The third-order valence-electron chi connectivity index (χ3n) is 9.71. The Bertz CT molecular complexity index is 2880. The highest BCUT2D eigenvalue weighted by Gasteiger charge is 2.26. The van der Waals surface area contributed by atoms with Crippen LogP contribution in [0.1, 0.15) is 11.3 Å². The zero-order valence-corrected chi connectivity index (χ0v) is 27.2. The molecule has 6 heteroatoms. The third kappa shape index (κ3) is 4.05. The lowest BCUT2D eigenvalue weighted by Gasteiger charge is -2.13. The molecule has 0 saturated carbocycles. The molecule has 0 spiro atoms. The van der Waals surface area contributed by atoms with Gasteiger partial charge in [0.05, 0.1) is 27.5 Å². The van der Waals surface area contributed by atoms with E-state index in [9.17, 15) is 0 Å². The van der Waals surface area contributed by atoms with Gasteiger partial charge in [-0.05, 0) is 37.3 Å². The molecule has 0 unspecified atom stereocenters. The molecule has 0 amide bonds. The first kappa shape index (κ1) is 28.2. The summed E-state index contributed by atoms with van der Waals surface area (Å²) in [6.07, 6.45) is 1.88. The van der Waals surface area contributed by atoms with Crippen molar-refractivity contribution in [2.45, 2.75) is 6.92 Å². The third-order valence-corrected chi connectivity index (χ3v) is 9.71. The minimum absolute atomic E-state index is 0.529. The van der Waals surface area contributed by atoms with Gasteiger partial charge >= 0.3 is 0 Å². The average Bonchev–Trinajstić information content (AvgIpc) is 3.82. The molecule has 0 saturated heterocycles. The van der Waals surface area contributed by atoms with Gasteiger partial charge in [0.1, 0.15) is 11.3 Å². The molecule has 10 aromatic rings. The van der Waals surface area contributed by atoms with Crippen LogP contribution in [0.15, 0.2) is 151 Å². The van der Waals surface area contributed by atoms with Crippen LogP contribution in [-0.2, 0) is 0 Å². The number of para-hydroxylation sites is 2. The number of rotatable bonds is 5. The number of hydrogen-bond donors (Lipinski definition) is 0. The number of furan rings is 1. The van der Waals surface area contributed by atoms with E-state index in [4.69, 9.17) is 19.4 Å². The summed E-state index contributed by atoms with van der Waals surface area (Å²) >= 11 is 0. The van der Waals surface area contributed by atoms with E-state index in [1.807, 2.05) is 73.7 Å². The maximum atomic E-state index is 6.59. The van der Waals surface area contributed by atoms with Crippen molar-refractivity contribution in [2.24, 2.45) is 0 Å². The van der Waals surface area contributed by atoms with Crippen molar-refractivity contribution >= 4 is 60.7 Å². The SMILES string of the molecule is C=Cc1c(C)oc2c1ccc1c2c2ccc3c4ccccc4n(-c4ccccc4)c3c2n1-c1nc(-c2ccccc2)nc(-c2ccccc2)n1. The molecule has 6 aromatic carbocycles. The van der Waals surface area contributed by atoms with Crippen molar-refractivity contribution < 1.29 is 4.42 Å². The van der Waals surface area contributed by atoms with Crippen LogP contribution in [-0.4, -0.2) is 24.1 Å². The molecule has 0 N–H and O–H groups in total. The molecule has 4 aromatic heterocycles. The maximum Gasteiger partial charge on any atom is 0.238 e. The number of fused-ring (bicyclic) bond motifs is 9. The van der Waals surface area contributed by atoms with Crippen molar-refractivity contribution in [1.29, 1.82) is 0 Å². The summed E-state index contributed by atoms with van der Waals surface area (Å²) in [4.78, 5) is 15.5. The van der Waals surface area contributed by atoms with Gasteiger partial charge in [-0.2, -0.15) is 9.97 Å². The van der Waals surface area contributed by atoms with Crippen molar-refractivity contribution in [2.75, 3.05) is 0 Å². The van der Waals surface area contributed by atoms with Gasteiger partial charge in [-0.25, -0.2) is 4.98 Å². The Labute approximate surface area is 287 Å². The number of aromatic nitrogens is 5. The molecule has 0 atom stereocenters. The summed E-state index contributed by atoms with van der Waals surface area (Å²) in [6.45, 7) is 6.10. The van der Waals surface area contributed by atoms with Crippen molar-refractivity contribution in [1.82, 2.24) is 24.1 Å². The van der Waals surface area contributed by atoms with E-state index >= 15 is 0 Å². The zero-order chi connectivity index (χ0) is 33.3. The Morgan fingerprint density at radius 2 is 1.12 bits per heavy atom. The highest BCUT2D eigenvalue weighted by Crippen LogP contribution is 2.44. The van der Waals surface area contributed by atoms with Gasteiger partial charge in [-0.15, -0.1) is 0 Å².